The summed E-state index contributed by atoms with van der Waals surface area (Å²) in [5.41, 5.74) is 4.78. The minimum atomic E-state index is 0.216. The van der Waals surface area contributed by atoms with Crippen LogP contribution in [0.15, 0.2) is 66.9 Å². The number of fused-ring (bicyclic) bond motifs is 1. The number of para-hydroxylation sites is 2. The largest absolute Gasteiger partial charge is 0.344 e. The van der Waals surface area contributed by atoms with Gasteiger partial charge in [0.1, 0.15) is 7.05 Å². The molecule has 0 saturated heterocycles. The molecule has 3 aromatic rings. The van der Waals surface area contributed by atoms with E-state index >= 15 is 0 Å². The number of nitrogens with one attached hydrogen (secondary N) is 1. The molecule has 1 N–H and O–H groups in total. The number of hydrogen-bond acceptors (Lipinski definition) is 2. The van der Waals surface area contributed by atoms with Crippen LogP contribution in [0.5, 0.6) is 0 Å². The number of nitrogens with zero attached hydrogens (tertiary/aromatic N) is 3. The molecule has 0 bridgehead atoms. The molecule has 0 spiro atoms. The van der Waals surface area contributed by atoms with Crippen molar-refractivity contribution in [3.8, 4) is 11.4 Å². The van der Waals surface area contributed by atoms with E-state index in [0.29, 0.717) is 0 Å². The van der Waals surface area contributed by atoms with Crippen LogP contribution < -0.4 is 19.4 Å². The van der Waals surface area contributed by atoms with E-state index in [4.69, 9.17) is 0 Å². The minimum absolute atomic E-state index is 0.216. The average Bonchev–Trinajstić information content (AvgIpc) is 2.92. The Morgan fingerprint density at radius 2 is 1.62 bits per heavy atom. The lowest BCUT2D eigenvalue weighted by atomic mass is 10.2. The van der Waals surface area contributed by atoms with Crippen molar-refractivity contribution in [2.75, 3.05) is 10.2 Å². The van der Waals surface area contributed by atoms with Gasteiger partial charge in [0.2, 0.25) is 0 Å². The molecule has 4 rings (SSSR count). The van der Waals surface area contributed by atoms with Crippen LogP contribution in [0, 0.1) is 0 Å². The van der Waals surface area contributed by atoms with Gasteiger partial charge in [-0.1, -0.05) is 12.1 Å². The van der Waals surface area contributed by atoms with E-state index in [2.05, 4.69) is 107 Å². The van der Waals surface area contributed by atoms with Gasteiger partial charge in [-0.3, -0.25) is 0 Å². The Balaban J connectivity index is 1.87. The van der Waals surface area contributed by atoms with E-state index in [-0.39, 0.29) is 6.17 Å². The molecule has 0 unspecified atom stereocenters. The molecule has 0 radical (unpaired) electrons. The maximum absolute atomic E-state index is 3.55. The molecule has 3 heterocycles. The van der Waals surface area contributed by atoms with Crippen molar-refractivity contribution in [2.24, 2.45) is 14.1 Å². The van der Waals surface area contributed by atoms with Crippen molar-refractivity contribution < 1.29 is 9.13 Å². The summed E-state index contributed by atoms with van der Waals surface area (Å²) in [7, 11) is 4.21. The van der Waals surface area contributed by atoms with Gasteiger partial charge in [-0.2, -0.15) is 4.57 Å². The molecule has 4 heteroatoms. The van der Waals surface area contributed by atoms with Crippen LogP contribution in [0.2, 0.25) is 0 Å². The number of aromatic nitrogens is 2. The normalized spacial score (nSPS) is 16.0. The van der Waals surface area contributed by atoms with Gasteiger partial charge in [-0.05, 0) is 37.3 Å². The second kappa shape index (κ2) is 5.64. The van der Waals surface area contributed by atoms with Gasteiger partial charge in [0, 0.05) is 18.2 Å². The van der Waals surface area contributed by atoms with E-state index in [1.807, 2.05) is 0 Å². The van der Waals surface area contributed by atoms with Crippen molar-refractivity contribution in [1.82, 2.24) is 0 Å². The summed E-state index contributed by atoms with van der Waals surface area (Å²) in [5, 5.41) is 3.55. The Labute approximate surface area is 142 Å². The lowest BCUT2D eigenvalue weighted by Crippen LogP contribution is -2.44. The molecule has 2 aromatic heterocycles. The zero-order valence-electron chi connectivity index (χ0n) is 14.3. The minimum Gasteiger partial charge on any atom is -0.344 e. The SMILES string of the molecule is C[C@@H]1Nc2ccccc2N1c1cccc(-c2cccc[n+]2C)[n+]1C. The Bertz CT molecular complexity index is 904. The summed E-state index contributed by atoms with van der Waals surface area (Å²) in [6, 6.07) is 21.2. The number of rotatable bonds is 2. The van der Waals surface area contributed by atoms with Gasteiger partial charge in [-0.15, -0.1) is 0 Å². The van der Waals surface area contributed by atoms with Gasteiger partial charge in [0.25, 0.3) is 11.5 Å². The number of pyridine rings is 2. The Kier molecular flexibility index (Phi) is 3.45. The molecule has 0 amide bonds. The standard InChI is InChI=1S/C20H21N4/c1-15-21-16-9-4-5-10-17(16)24(15)20-13-8-12-19(23(20)3)18-11-6-7-14-22(18)2/h4-15H,1-3H3/q+1/p+1/t15-/m1/s1. The summed E-state index contributed by atoms with van der Waals surface area (Å²) in [6.07, 6.45) is 2.30. The number of anilines is 3. The highest BCUT2D eigenvalue weighted by Gasteiger charge is 2.35. The number of hydrogen-bond donors (Lipinski definition) is 1. The maximum atomic E-state index is 3.55. The van der Waals surface area contributed by atoms with Crippen LogP contribution >= 0.6 is 0 Å². The van der Waals surface area contributed by atoms with E-state index < -0.39 is 0 Å². The van der Waals surface area contributed by atoms with Crippen LogP contribution in [-0.4, -0.2) is 6.17 Å². The first-order chi connectivity index (χ1) is 11.7. The molecule has 1 aromatic carbocycles. The van der Waals surface area contributed by atoms with Crippen molar-refractivity contribution in [1.29, 1.82) is 0 Å². The van der Waals surface area contributed by atoms with E-state index in [9.17, 15) is 0 Å². The first-order valence-corrected chi connectivity index (χ1v) is 8.25. The molecule has 24 heavy (non-hydrogen) atoms. The second-order valence-electron chi connectivity index (χ2n) is 6.23. The highest BCUT2D eigenvalue weighted by atomic mass is 15.4. The quantitative estimate of drug-likeness (QED) is 0.734. The smallest absolute Gasteiger partial charge is 0.283 e. The highest BCUT2D eigenvalue weighted by Crippen LogP contribution is 2.38. The Hall–Kier alpha value is -2.88. The van der Waals surface area contributed by atoms with Crippen molar-refractivity contribution in [2.45, 2.75) is 13.1 Å². The van der Waals surface area contributed by atoms with Gasteiger partial charge >= 0.3 is 0 Å². The lowest BCUT2D eigenvalue weighted by Gasteiger charge is -2.18. The van der Waals surface area contributed by atoms with Crippen LogP contribution in [0.25, 0.3) is 11.4 Å². The third-order valence-corrected chi connectivity index (χ3v) is 4.68. The number of benzene rings is 1. The van der Waals surface area contributed by atoms with Gasteiger partial charge in [0.05, 0.1) is 12.7 Å². The summed E-state index contributed by atoms with van der Waals surface area (Å²) in [5.74, 6) is 1.17. The topological polar surface area (TPSA) is 23.0 Å². The third kappa shape index (κ3) is 2.22. The van der Waals surface area contributed by atoms with Crippen molar-refractivity contribution in [3.05, 3.63) is 66.9 Å². The molecular formula is C20H22N4+2. The molecule has 1 aliphatic rings. The molecule has 1 atom stereocenters. The fourth-order valence-corrected chi connectivity index (χ4v) is 3.49. The summed E-state index contributed by atoms with van der Waals surface area (Å²) < 4.78 is 4.41. The van der Waals surface area contributed by atoms with Crippen LogP contribution in [0.1, 0.15) is 6.92 Å². The fraction of sp³-hybridized carbons (Fsp3) is 0.200. The second-order valence-corrected chi connectivity index (χ2v) is 6.23. The predicted octanol–water partition coefficient (Wildman–Crippen LogP) is 2.91. The van der Waals surface area contributed by atoms with Crippen LogP contribution in [0.4, 0.5) is 17.2 Å². The van der Waals surface area contributed by atoms with E-state index in [1.54, 1.807) is 0 Å². The van der Waals surface area contributed by atoms with E-state index in [1.165, 1.54) is 28.6 Å². The van der Waals surface area contributed by atoms with Gasteiger partial charge in [0.15, 0.2) is 23.7 Å². The fourth-order valence-electron chi connectivity index (χ4n) is 3.49. The zero-order chi connectivity index (χ0) is 16.7. The molecule has 4 nitrogen and oxygen atoms in total. The Morgan fingerprint density at radius 1 is 0.875 bits per heavy atom. The van der Waals surface area contributed by atoms with Crippen molar-refractivity contribution >= 4 is 17.2 Å². The molecule has 120 valence electrons. The number of aryl methyl sites for hydroxylation is 1. The third-order valence-electron chi connectivity index (χ3n) is 4.68. The predicted molar refractivity (Wildman–Crippen MR) is 95.9 cm³/mol. The lowest BCUT2D eigenvalue weighted by molar-refractivity contribution is -0.684. The first kappa shape index (κ1) is 14.7. The first-order valence-electron chi connectivity index (χ1n) is 8.25. The average molecular weight is 318 g/mol. The Morgan fingerprint density at radius 3 is 2.46 bits per heavy atom. The summed E-state index contributed by atoms with van der Waals surface area (Å²) >= 11 is 0. The van der Waals surface area contributed by atoms with Gasteiger partial charge in [-0.25, -0.2) is 9.47 Å². The zero-order valence-corrected chi connectivity index (χ0v) is 14.3. The van der Waals surface area contributed by atoms with Crippen molar-refractivity contribution in [3.63, 3.8) is 0 Å². The molecule has 0 fully saturated rings. The van der Waals surface area contributed by atoms with E-state index in [0.717, 1.165) is 0 Å². The molecule has 1 aliphatic heterocycles. The van der Waals surface area contributed by atoms with Crippen LogP contribution in [-0.2, 0) is 14.1 Å². The molecular weight excluding hydrogens is 296 g/mol. The maximum Gasteiger partial charge on any atom is 0.283 e. The molecule has 0 aliphatic carbocycles. The highest BCUT2D eigenvalue weighted by molar-refractivity contribution is 5.80. The van der Waals surface area contributed by atoms with Gasteiger partial charge < -0.3 is 5.32 Å². The monoisotopic (exact) mass is 318 g/mol. The summed E-state index contributed by atoms with van der Waals surface area (Å²) in [6.45, 7) is 2.19. The van der Waals surface area contributed by atoms with Crippen LogP contribution in [0.3, 0.4) is 0 Å². The molecule has 0 saturated carbocycles. The summed E-state index contributed by atoms with van der Waals surface area (Å²) in [4.78, 5) is 2.35.